The predicted molar refractivity (Wildman–Crippen MR) is 80.1 cm³/mol. The van der Waals surface area contributed by atoms with Crippen LogP contribution in [-0.4, -0.2) is 30.6 Å². The second-order valence-corrected chi connectivity index (χ2v) is 6.27. The van der Waals surface area contributed by atoms with Crippen LogP contribution in [0.3, 0.4) is 0 Å². The summed E-state index contributed by atoms with van der Waals surface area (Å²) in [6.45, 7) is 3.96. The van der Waals surface area contributed by atoms with Crippen molar-refractivity contribution < 1.29 is 4.39 Å². The largest absolute Gasteiger partial charge is 0.317 e. The fourth-order valence-electron chi connectivity index (χ4n) is 3.14. The van der Waals surface area contributed by atoms with Gasteiger partial charge in [0.1, 0.15) is 5.82 Å². The zero-order chi connectivity index (χ0) is 14.7. The van der Waals surface area contributed by atoms with Crippen molar-refractivity contribution in [1.29, 1.82) is 5.26 Å². The third kappa shape index (κ3) is 3.81. The normalized spacial score (nSPS) is 19.7. The van der Waals surface area contributed by atoms with Crippen LogP contribution in [0.25, 0.3) is 0 Å². The van der Waals surface area contributed by atoms with Gasteiger partial charge in [0.2, 0.25) is 0 Å². The first-order valence-electron chi connectivity index (χ1n) is 7.89. The van der Waals surface area contributed by atoms with Gasteiger partial charge in [0.25, 0.3) is 0 Å². The summed E-state index contributed by atoms with van der Waals surface area (Å²) in [6, 6.07) is 7.46. The predicted octanol–water partition coefficient (Wildman–Crippen LogP) is 2.66. The minimum atomic E-state index is -0.245. The van der Waals surface area contributed by atoms with Gasteiger partial charge in [0.15, 0.2) is 0 Å². The maximum absolute atomic E-state index is 14.1. The quantitative estimate of drug-likeness (QED) is 0.905. The summed E-state index contributed by atoms with van der Waals surface area (Å²) in [5.41, 5.74) is 1.11. The molecule has 1 N–H and O–H groups in total. The van der Waals surface area contributed by atoms with E-state index < -0.39 is 0 Å². The summed E-state index contributed by atoms with van der Waals surface area (Å²) in [5, 5.41) is 12.2. The van der Waals surface area contributed by atoms with Crippen LogP contribution in [0.1, 0.15) is 36.8 Å². The van der Waals surface area contributed by atoms with Gasteiger partial charge in [-0.05, 0) is 56.8 Å². The number of benzene rings is 1. The van der Waals surface area contributed by atoms with Crippen LogP contribution in [-0.2, 0) is 6.54 Å². The first-order chi connectivity index (χ1) is 10.3. The monoisotopic (exact) mass is 287 g/mol. The molecule has 0 bridgehead atoms. The van der Waals surface area contributed by atoms with Gasteiger partial charge in [-0.15, -0.1) is 0 Å². The van der Waals surface area contributed by atoms with Crippen LogP contribution >= 0.6 is 0 Å². The van der Waals surface area contributed by atoms with Crippen molar-refractivity contribution in [3.8, 4) is 6.07 Å². The average Bonchev–Trinajstić information content (AvgIpc) is 3.34. The van der Waals surface area contributed by atoms with Crippen molar-refractivity contribution in [3.05, 3.63) is 35.1 Å². The minimum absolute atomic E-state index is 0.245. The Kier molecular flexibility index (Phi) is 4.52. The van der Waals surface area contributed by atoms with Crippen molar-refractivity contribution in [2.75, 3.05) is 19.6 Å². The van der Waals surface area contributed by atoms with Crippen molar-refractivity contribution in [1.82, 2.24) is 10.2 Å². The number of piperidine rings is 1. The van der Waals surface area contributed by atoms with E-state index in [9.17, 15) is 4.39 Å². The lowest BCUT2D eigenvalue weighted by Crippen LogP contribution is -2.37. The molecule has 0 amide bonds. The summed E-state index contributed by atoms with van der Waals surface area (Å²) in [6.07, 6.45) is 4.92. The number of nitriles is 1. The number of halogens is 1. The topological polar surface area (TPSA) is 39.1 Å². The van der Waals surface area contributed by atoms with E-state index >= 15 is 0 Å². The van der Waals surface area contributed by atoms with E-state index in [2.05, 4.69) is 10.2 Å². The highest BCUT2D eigenvalue weighted by atomic mass is 19.1. The Morgan fingerprint density at radius 3 is 2.62 bits per heavy atom. The van der Waals surface area contributed by atoms with Gasteiger partial charge in [0, 0.05) is 24.7 Å². The zero-order valence-corrected chi connectivity index (χ0v) is 12.3. The maximum atomic E-state index is 14.1. The molecule has 1 heterocycles. The molecule has 3 nitrogen and oxygen atoms in total. The molecule has 2 aliphatic rings. The van der Waals surface area contributed by atoms with Gasteiger partial charge in [0.05, 0.1) is 11.6 Å². The van der Waals surface area contributed by atoms with Crippen LogP contribution in [0.4, 0.5) is 4.39 Å². The molecule has 0 atom stereocenters. The molecular weight excluding hydrogens is 265 g/mol. The van der Waals surface area contributed by atoms with Gasteiger partial charge in [-0.3, -0.25) is 4.90 Å². The Morgan fingerprint density at radius 1 is 1.24 bits per heavy atom. The summed E-state index contributed by atoms with van der Waals surface area (Å²) in [4.78, 5) is 2.44. The van der Waals surface area contributed by atoms with Crippen molar-refractivity contribution >= 4 is 0 Å². The number of hydrogen-bond acceptors (Lipinski definition) is 3. The molecule has 0 aromatic heterocycles. The Hall–Kier alpha value is -1.44. The third-order valence-electron chi connectivity index (χ3n) is 4.57. The second kappa shape index (κ2) is 6.55. The first kappa shape index (κ1) is 14.5. The van der Waals surface area contributed by atoms with E-state index in [4.69, 9.17) is 5.26 Å². The number of nitrogens with zero attached hydrogens (tertiary/aromatic N) is 2. The fraction of sp³-hybridized carbons (Fsp3) is 0.588. The lowest BCUT2D eigenvalue weighted by Gasteiger charge is -2.30. The van der Waals surface area contributed by atoms with Crippen LogP contribution in [0, 0.1) is 23.1 Å². The molecule has 4 heteroatoms. The van der Waals surface area contributed by atoms with E-state index in [-0.39, 0.29) is 5.82 Å². The van der Waals surface area contributed by atoms with Crippen molar-refractivity contribution in [3.63, 3.8) is 0 Å². The highest BCUT2D eigenvalue weighted by molar-refractivity contribution is 5.32. The molecular formula is C17H22FN3. The Balaban J connectivity index is 1.66. The van der Waals surface area contributed by atoms with Crippen LogP contribution in [0.15, 0.2) is 18.2 Å². The van der Waals surface area contributed by atoms with Crippen LogP contribution < -0.4 is 5.32 Å². The fourth-order valence-corrected chi connectivity index (χ4v) is 3.14. The molecule has 112 valence electrons. The SMILES string of the molecule is N#Cc1ccc(CN(CC2CCNCC2)C2CC2)c(F)c1. The number of hydrogen-bond donors (Lipinski definition) is 1. The molecule has 0 radical (unpaired) electrons. The lowest BCUT2D eigenvalue weighted by atomic mass is 9.97. The van der Waals surface area contributed by atoms with Gasteiger partial charge >= 0.3 is 0 Å². The molecule has 2 fully saturated rings. The van der Waals surface area contributed by atoms with E-state index in [0.717, 1.165) is 31.1 Å². The maximum Gasteiger partial charge on any atom is 0.129 e. The van der Waals surface area contributed by atoms with Crippen LogP contribution in [0.5, 0.6) is 0 Å². The van der Waals surface area contributed by atoms with E-state index in [1.807, 2.05) is 6.07 Å². The van der Waals surface area contributed by atoms with E-state index in [1.165, 1.54) is 31.7 Å². The van der Waals surface area contributed by atoms with Crippen molar-refractivity contribution in [2.45, 2.75) is 38.3 Å². The number of rotatable bonds is 5. The Morgan fingerprint density at radius 2 is 2.00 bits per heavy atom. The first-order valence-corrected chi connectivity index (χ1v) is 7.89. The summed E-state index contributed by atoms with van der Waals surface area (Å²) < 4.78 is 14.1. The minimum Gasteiger partial charge on any atom is -0.317 e. The highest BCUT2D eigenvalue weighted by Gasteiger charge is 2.31. The molecule has 0 spiro atoms. The average molecular weight is 287 g/mol. The van der Waals surface area contributed by atoms with Crippen LogP contribution in [0.2, 0.25) is 0 Å². The Bertz CT molecular complexity index is 527. The standard InChI is InChI=1S/C17H22FN3/c18-17-9-14(10-19)1-2-15(17)12-21(16-3-4-16)11-13-5-7-20-8-6-13/h1-2,9,13,16,20H,3-8,11-12H2. The lowest BCUT2D eigenvalue weighted by molar-refractivity contribution is 0.188. The molecule has 3 rings (SSSR count). The molecule has 1 aromatic carbocycles. The molecule has 0 unspecified atom stereocenters. The molecule has 1 aliphatic carbocycles. The van der Waals surface area contributed by atoms with Crippen molar-refractivity contribution in [2.24, 2.45) is 5.92 Å². The van der Waals surface area contributed by atoms with E-state index in [1.54, 1.807) is 12.1 Å². The summed E-state index contributed by atoms with van der Waals surface area (Å²) >= 11 is 0. The zero-order valence-electron chi connectivity index (χ0n) is 12.3. The summed E-state index contributed by atoms with van der Waals surface area (Å²) in [7, 11) is 0. The summed E-state index contributed by atoms with van der Waals surface area (Å²) in [5.74, 6) is 0.485. The Labute approximate surface area is 125 Å². The molecule has 21 heavy (non-hydrogen) atoms. The third-order valence-corrected chi connectivity index (χ3v) is 4.57. The van der Waals surface area contributed by atoms with Gasteiger partial charge in [-0.2, -0.15) is 5.26 Å². The molecule has 1 saturated heterocycles. The number of nitrogens with one attached hydrogen (secondary N) is 1. The molecule has 1 aromatic rings. The molecule has 1 aliphatic heterocycles. The van der Waals surface area contributed by atoms with Gasteiger partial charge in [-0.25, -0.2) is 4.39 Å². The van der Waals surface area contributed by atoms with Gasteiger partial charge in [-0.1, -0.05) is 6.07 Å². The highest BCUT2D eigenvalue weighted by Crippen LogP contribution is 2.30. The second-order valence-electron chi connectivity index (χ2n) is 6.27. The van der Waals surface area contributed by atoms with E-state index in [0.29, 0.717) is 18.2 Å². The van der Waals surface area contributed by atoms with Gasteiger partial charge < -0.3 is 5.32 Å². The smallest absolute Gasteiger partial charge is 0.129 e. The molecule has 1 saturated carbocycles.